The lowest BCUT2D eigenvalue weighted by Crippen LogP contribution is -2.25. The molecule has 1 aliphatic rings. The molecule has 90 valence electrons. The van der Waals surface area contributed by atoms with E-state index in [0.717, 1.165) is 4.34 Å². The molecule has 0 spiro atoms. The monoisotopic (exact) mass is 257 g/mol. The number of thiophene rings is 1. The molecule has 0 aromatic carbocycles. The molecule has 0 bridgehead atoms. The fourth-order valence-electron chi connectivity index (χ4n) is 2.51. The molecule has 0 radical (unpaired) electrons. The van der Waals surface area contributed by atoms with E-state index in [1.165, 1.54) is 5.56 Å². The summed E-state index contributed by atoms with van der Waals surface area (Å²) >= 11 is 7.56. The number of rotatable bonds is 3. The lowest BCUT2D eigenvalue weighted by molar-refractivity contribution is 0.457. The fraction of sp³-hybridized carbons (Fsp3) is 0.692. The minimum Gasteiger partial charge on any atom is -0.306 e. The van der Waals surface area contributed by atoms with Gasteiger partial charge in [0.05, 0.1) is 4.34 Å². The summed E-state index contributed by atoms with van der Waals surface area (Å²) < 4.78 is 0.873. The van der Waals surface area contributed by atoms with Gasteiger partial charge < -0.3 is 5.32 Å². The molecule has 1 fully saturated rings. The average Bonchev–Trinajstić information content (AvgIpc) is 2.58. The van der Waals surface area contributed by atoms with E-state index in [1.54, 1.807) is 11.3 Å². The third-order valence-corrected chi connectivity index (χ3v) is 5.63. The predicted octanol–water partition coefficient (Wildman–Crippen LogP) is 4.49. The van der Waals surface area contributed by atoms with Crippen LogP contribution in [0.2, 0.25) is 4.34 Å². The fourth-order valence-corrected chi connectivity index (χ4v) is 3.49. The first-order chi connectivity index (χ1) is 7.26. The van der Waals surface area contributed by atoms with Gasteiger partial charge in [0.2, 0.25) is 0 Å². The number of nitrogens with one attached hydrogen (secondary N) is 1. The van der Waals surface area contributed by atoms with Gasteiger partial charge in [-0.1, -0.05) is 39.3 Å². The van der Waals surface area contributed by atoms with Gasteiger partial charge in [0.1, 0.15) is 0 Å². The molecule has 1 aromatic rings. The van der Waals surface area contributed by atoms with Crippen LogP contribution < -0.4 is 5.32 Å². The largest absolute Gasteiger partial charge is 0.306 e. The SMILES string of the molecule is CC(NC1C(C)(C)C1(C)C)c1csc(Cl)c1. The van der Waals surface area contributed by atoms with Gasteiger partial charge in [0.15, 0.2) is 0 Å². The molecule has 0 amide bonds. The van der Waals surface area contributed by atoms with Crippen molar-refractivity contribution in [2.45, 2.75) is 46.7 Å². The van der Waals surface area contributed by atoms with Gasteiger partial charge in [-0.15, -0.1) is 11.3 Å². The summed E-state index contributed by atoms with van der Waals surface area (Å²) in [6, 6.07) is 3.04. The second-order valence-electron chi connectivity index (χ2n) is 5.95. The zero-order valence-corrected chi connectivity index (χ0v) is 12.2. The molecule has 3 heteroatoms. The second-order valence-corrected chi connectivity index (χ2v) is 7.49. The van der Waals surface area contributed by atoms with E-state index in [9.17, 15) is 0 Å². The second kappa shape index (κ2) is 3.72. The van der Waals surface area contributed by atoms with E-state index in [-0.39, 0.29) is 0 Å². The average molecular weight is 258 g/mol. The summed E-state index contributed by atoms with van der Waals surface area (Å²) in [5.74, 6) is 0. The molecule has 1 unspecified atom stereocenters. The Hall–Kier alpha value is -0.0500. The molecule has 2 rings (SSSR count). The number of halogens is 1. The van der Waals surface area contributed by atoms with Gasteiger partial charge in [0, 0.05) is 12.1 Å². The van der Waals surface area contributed by atoms with Crippen molar-refractivity contribution in [2.24, 2.45) is 10.8 Å². The highest BCUT2D eigenvalue weighted by molar-refractivity contribution is 7.14. The normalized spacial score (nSPS) is 24.4. The van der Waals surface area contributed by atoms with Crippen LogP contribution in [0.25, 0.3) is 0 Å². The highest BCUT2D eigenvalue weighted by atomic mass is 35.5. The van der Waals surface area contributed by atoms with Crippen molar-refractivity contribution in [2.75, 3.05) is 0 Å². The Morgan fingerprint density at radius 2 is 1.88 bits per heavy atom. The van der Waals surface area contributed by atoms with Crippen LogP contribution in [-0.4, -0.2) is 6.04 Å². The van der Waals surface area contributed by atoms with Crippen LogP contribution in [0.3, 0.4) is 0 Å². The van der Waals surface area contributed by atoms with Crippen LogP contribution in [0.5, 0.6) is 0 Å². The number of hydrogen-bond donors (Lipinski definition) is 1. The predicted molar refractivity (Wildman–Crippen MR) is 72.2 cm³/mol. The van der Waals surface area contributed by atoms with Gasteiger partial charge >= 0.3 is 0 Å². The zero-order valence-electron chi connectivity index (χ0n) is 10.6. The molecule has 0 aliphatic heterocycles. The van der Waals surface area contributed by atoms with E-state index in [1.807, 2.05) is 0 Å². The van der Waals surface area contributed by atoms with E-state index in [2.05, 4.69) is 51.4 Å². The first-order valence-corrected chi connectivity index (χ1v) is 7.02. The maximum atomic E-state index is 5.96. The van der Waals surface area contributed by atoms with Gasteiger partial charge in [0.25, 0.3) is 0 Å². The van der Waals surface area contributed by atoms with Crippen LogP contribution in [0.15, 0.2) is 11.4 Å². The van der Waals surface area contributed by atoms with E-state index >= 15 is 0 Å². The van der Waals surface area contributed by atoms with Crippen molar-refractivity contribution in [1.29, 1.82) is 0 Å². The first-order valence-electron chi connectivity index (χ1n) is 5.77. The molecule has 0 saturated heterocycles. The van der Waals surface area contributed by atoms with Gasteiger partial charge in [-0.25, -0.2) is 0 Å². The minimum absolute atomic E-state index is 0.384. The summed E-state index contributed by atoms with van der Waals surface area (Å²) in [5.41, 5.74) is 2.08. The third kappa shape index (κ3) is 1.81. The quantitative estimate of drug-likeness (QED) is 0.842. The Bertz CT molecular complexity index is 380. The standard InChI is InChI=1S/C13H20ClNS/c1-8(9-6-10(14)16-7-9)15-11-12(2,3)13(11,4)5/h6-8,11,15H,1-5H3. The third-order valence-electron chi connectivity index (χ3n) is 4.53. The van der Waals surface area contributed by atoms with Crippen LogP contribution in [-0.2, 0) is 0 Å². The van der Waals surface area contributed by atoms with Crippen LogP contribution in [0.1, 0.15) is 46.2 Å². The lowest BCUT2D eigenvalue weighted by atomic mass is 10.0. The molecule has 1 aromatic heterocycles. The van der Waals surface area contributed by atoms with Crippen LogP contribution in [0.4, 0.5) is 0 Å². The topological polar surface area (TPSA) is 12.0 Å². The Morgan fingerprint density at radius 1 is 1.31 bits per heavy atom. The van der Waals surface area contributed by atoms with Crippen molar-refractivity contribution in [3.05, 3.63) is 21.3 Å². The summed E-state index contributed by atoms with van der Waals surface area (Å²) in [5, 5.41) is 5.85. The summed E-state index contributed by atoms with van der Waals surface area (Å²) in [6.45, 7) is 11.5. The maximum Gasteiger partial charge on any atom is 0.0931 e. The molecular formula is C13H20ClNS. The van der Waals surface area contributed by atoms with Crippen LogP contribution in [0, 0.1) is 10.8 Å². The minimum atomic E-state index is 0.384. The van der Waals surface area contributed by atoms with Gasteiger partial charge in [-0.2, -0.15) is 0 Å². The Balaban J connectivity index is 2.03. The Morgan fingerprint density at radius 3 is 2.25 bits per heavy atom. The highest BCUT2D eigenvalue weighted by Gasteiger charge is 2.64. The van der Waals surface area contributed by atoms with E-state index in [0.29, 0.717) is 22.9 Å². The van der Waals surface area contributed by atoms with Crippen molar-refractivity contribution in [3.63, 3.8) is 0 Å². The highest BCUT2D eigenvalue weighted by Crippen LogP contribution is 2.63. The van der Waals surface area contributed by atoms with Crippen molar-refractivity contribution in [3.8, 4) is 0 Å². The van der Waals surface area contributed by atoms with E-state index in [4.69, 9.17) is 11.6 Å². The van der Waals surface area contributed by atoms with Crippen molar-refractivity contribution in [1.82, 2.24) is 5.32 Å². The summed E-state index contributed by atoms with van der Waals surface area (Å²) in [4.78, 5) is 0. The zero-order chi connectivity index (χ0) is 12.1. The summed E-state index contributed by atoms with van der Waals surface area (Å²) in [7, 11) is 0. The smallest absolute Gasteiger partial charge is 0.0931 e. The Labute approximate surface area is 107 Å². The van der Waals surface area contributed by atoms with Crippen molar-refractivity contribution < 1.29 is 0 Å². The van der Waals surface area contributed by atoms with E-state index < -0.39 is 0 Å². The van der Waals surface area contributed by atoms with Gasteiger partial charge in [-0.3, -0.25) is 0 Å². The van der Waals surface area contributed by atoms with Crippen LogP contribution >= 0.6 is 22.9 Å². The molecule has 1 saturated carbocycles. The molecule has 1 atom stereocenters. The molecule has 1 N–H and O–H groups in total. The lowest BCUT2D eigenvalue weighted by Gasteiger charge is -2.14. The molecule has 1 heterocycles. The number of hydrogen-bond acceptors (Lipinski definition) is 2. The molecular weight excluding hydrogens is 238 g/mol. The summed E-state index contributed by atoms with van der Waals surface area (Å²) in [6.07, 6.45) is 0. The molecule has 16 heavy (non-hydrogen) atoms. The van der Waals surface area contributed by atoms with Crippen molar-refractivity contribution >= 4 is 22.9 Å². The maximum absolute atomic E-state index is 5.96. The Kier molecular flexibility index (Phi) is 2.89. The first kappa shape index (κ1) is 12.4. The molecule has 1 nitrogen and oxygen atoms in total. The van der Waals surface area contributed by atoms with Gasteiger partial charge in [-0.05, 0) is 34.8 Å². The molecule has 1 aliphatic carbocycles.